The standard InChI is InChI=1S/C20H20F2N4O4/c21-20(22)18(23)19(20)6-10(7-19)24-8-9-2-1-3-11-14(9)17(30)26(16(11)29)12-4-5-13(27)25-15(12)28/h1-3,10,12,18,24H,4-8,23H2,(H,25,27,28). The maximum atomic E-state index is 13.6. The van der Waals surface area contributed by atoms with Gasteiger partial charge < -0.3 is 11.1 Å². The molecular weight excluding hydrogens is 398 g/mol. The molecule has 1 spiro atoms. The molecule has 2 unspecified atom stereocenters. The highest BCUT2D eigenvalue weighted by Crippen LogP contribution is 2.69. The molecule has 3 fully saturated rings. The van der Waals surface area contributed by atoms with Gasteiger partial charge in [0.1, 0.15) is 6.04 Å². The van der Waals surface area contributed by atoms with Crippen molar-refractivity contribution >= 4 is 23.6 Å². The molecule has 1 aromatic carbocycles. The van der Waals surface area contributed by atoms with Crippen molar-refractivity contribution in [2.75, 3.05) is 0 Å². The summed E-state index contributed by atoms with van der Waals surface area (Å²) >= 11 is 0. The number of piperidine rings is 1. The Morgan fingerprint density at radius 1 is 1.17 bits per heavy atom. The van der Waals surface area contributed by atoms with Gasteiger partial charge in [0.2, 0.25) is 11.8 Å². The molecule has 2 aliphatic carbocycles. The third-order valence-electron chi connectivity index (χ3n) is 6.92. The molecule has 4 amide bonds. The number of imide groups is 2. The summed E-state index contributed by atoms with van der Waals surface area (Å²) in [6.07, 6.45) is 0.674. The number of amides is 4. The van der Waals surface area contributed by atoms with Crippen molar-refractivity contribution in [3.63, 3.8) is 0 Å². The Hall–Kier alpha value is -2.72. The average Bonchev–Trinajstić information content (AvgIpc) is 2.97. The highest BCUT2D eigenvalue weighted by molar-refractivity contribution is 6.24. The predicted molar refractivity (Wildman–Crippen MR) is 98.3 cm³/mol. The number of rotatable bonds is 4. The van der Waals surface area contributed by atoms with Crippen molar-refractivity contribution in [3.05, 3.63) is 34.9 Å². The van der Waals surface area contributed by atoms with Gasteiger partial charge in [0.25, 0.3) is 17.7 Å². The third kappa shape index (κ3) is 2.43. The van der Waals surface area contributed by atoms with Crippen LogP contribution in [0.25, 0.3) is 0 Å². The summed E-state index contributed by atoms with van der Waals surface area (Å²) in [6.45, 7) is 0.229. The molecule has 2 saturated carbocycles. The Kier molecular flexibility index (Phi) is 3.94. The van der Waals surface area contributed by atoms with E-state index in [-0.39, 0.29) is 49.4 Å². The van der Waals surface area contributed by atoms with Crippen LogP contribution in [0.2, 0.25) is 0 Å². The lowest BCUT2D eigenvalue weighted by atomic mass is 9.75. The second-order valence-corrected chi connectivity index (χ2v) is 8.53. The zero-order valence-corrected chi connectivity index (χ0v) is 15.9. The van der Waals surface area contributed by atoms with E-state index in [1.807, 2.05) is 0 Å². The molecule has 2 aliphatic heterocycles. The number of hydrogen-bond acceptors (Lipinski definition) is 6. The summed E-state index contributed by atoms with van der Waals surface area (Å²) in [5, 5.41) is 5.33. The number of fused-ring (bicyclic) bond motifs is 1. The summed E-state index contributed by atoms with van der Waals surface area (Å²) in [5.74, 6) is -5.07. The van der Waals surface area contributed by atoms with Gasteiger partial charge in [-0.2, -0.15) is 0 Å². The smallest absolute Gasteiger partial charge is 0.270 e. The monoisotopic (exact) mass is 418 g/mol. The Morgan fingerprint density at radius 2 is 1.87 bits per heavy atom. The Morgan fingerprint density at radius 3 is 2.50 bits per heavy atom. The molecule has 4 N–H and O–H groups in total. The molecule has 0 aromatic heterocycles. The third-order valence-corrected chi connectivity index (χ3v) is 6.92. The minimum absolute atomic E-state index is 0.0500. The summed E-state index contributed by atoms with van der Waals surface area (Å²) < 4.78 is 27.2. The quantitative estimate of drug-likeness (QED) is 0.605. The number of carbonyl (C=O) groups excluding carboxylic acids is 4. The molecule has 4 aliphatic rings. The average molecular weight is 418 g/mol. The second kappa shape index (κ2) is 6.14. The molecule has 8 nitrogen and oxygen atoms in total. The summed E-state index contributed by atoms with van der Waals surface area (Å²) in [5.41, 5.74) is 5.38. The van der Waals surface area contributed by atoms with E-state index in [9.17, 15) is 28.0 Å². The molecule has 10 heteroatoms. The topological polar surface area (TPSA) is 122 Å². The van der Waals surface area contributed by atoms with Gasteiger partial charge in [-0.05, 0) is 30.9 Å². The van der Waals surface area contributed by atoms with Crippen LogP contribution in [-0.2, 0) is 16.1 Å². The fraction of sp³-hybridized carbons (Fsp3) is 0.500. The van der Waals surface area contributed by atoms with Crippen LogP contribution >= 0.6 is 0 Å². The molecule has 2 heterocycles. The normalized spacial score (nSPS) is 34.1. The molecule has 30 heavy (non-hydrogen) atoms. The highest BCUT2D eigenvalue weighted by Gasteiger charge is 2.82. The number of halogens is 2. The van der Waals surface area contributed by atoms with Crippen molar-refractivity contribution in [2.45, 2.75) is 56.3 Å². The van der Waals surface area contributed by atoms with Crippen molar-refractivity contribution in [2.24, 2.45) is 11.1 Å². The number of nitrogens with zero attached hydrogens (tertiary/aromatic N) is 1. The first kappa shape index (κ1) is 19.3. The van der Waals surface area contributed by atoms with Gasteiger partial charge in [-0.25, -0.2) is 8.78 Å². The van der Waals surface area contributed by atoms with Crippen LogP contribution < -0.4 is 16.4 Å². The van der Waals surface area contributed by atoms with Crippen LogP contribution in [0.4, 0.5) is 8.78 Å². The summed E-state index contributed by atoms with van der Waals surface area (Å²) in [4.78, 5) is 50.3. The molecule has 5 rings (SSSR count). The zero-order valence-electron chi connectivity index (χ0n) is 15.9. The van der Waals surface area contributed by atoms with E-state index in [0.717, 1.165) is 4.90 Å². The maximum absolute atomic E-state index is 13.6. The van der Waals surface area contributed by atoms with Crippen LogP contribution in [0.3, 0.4) is 0 Å². The highest BCUT2D eigenvalue weighted by atomic mass is 19.3. The SMILES string of the molecule is NC1C(F)(F)C12CC(NCc1cccc3c1C(=O)N(C1CCC(=O)NC1=O)C3=O)C2. The van der Waals surface area contributed by atoms with Gasteiger partial charge in [0, 0.05) is 19.0 Å². The largest absolute Gasteiger partial charge is 0.322 e. The first-order valence-electron chi connectivity index (χ1n) is 9.87. The Bertz CT molecular complexity index is 1000. The molecule has 1 aromatic rings. The van der Waals surface area contributed by atoms with Crippen LogP contribution in [-0.4, -0.2) is 52.6 Å². The van der Waals surface area contributed by atoms with Crippen LogP contribution in [0.1, 0.15) is 52.0 Å². The first-order chi connectivity index (χ1) is 14.2. The lowest BCUT2D eigenvalue weighted by molar-refractivity contribution is -0.136. The van der Waals surface area contributed by atoms with Crippen molar-refractivity contribution in [3.8, 4) is 0 Å². The van der Waals surface area contributed by atoms with Crippen molar-refractivity contribution in [1.29, 1.82) is 0 Å². The summed E-state index contributed by atoms with van der Waals surface area (Å²) in [6, 6.07) is 2.59. The van der Waals surface area contributed by atoms with E-state index < -0.39 is 47.0 Å². The molecule has 0 radical (unpaired) electrons. The van der Waals surface area contributed by atoms with Crippen LogP contribution in [0.5, 0.6) is 0 Å². The molecular formula is C20H20F2N4O4. The lowest BCUT2D eigenvalue weighted by Gasteiger charge is -2.37. The number of carbonyl (C=O) groups is 4. The van der Waals surface area contributed by atoms with Crippen molar-refractivity contribution in [1.82, 2.24) is 15.5 Å². The Balaban J connectivity index is 1.31. The van der Waals surface area contributed by atoms with Crippen LogP contribution in [0.15, 0.2) is 18.2 Å². The van der Waals surface area contributed by atoms with Gasteiger partial charge in [0.05, 0.1) is 22.6 Å². The number of alkyl halides is 2. The van der Waals surface area contributed by atoms with Gasteiger partial charge in [-0.1, -0.05) is 12.1 Å². The van der Waals surface area contributed by atoms with E-state index in [1.165, 1.54) is 6.07 Å². The molecule has 1 saturated heterocycles. The fourth-order valence-corrected chi connectivity index (χ4v) is 5.02. The number of benzene rings is 1. The minimum atomic E-state index is -2.82. The lowest BCUT2D eigenvalue weighted by Crippen LogP contribution is -2.54. The van der Waals surface area contributed by atoms with Crippen molar-refractivity contribution < 1.29 is 28.0 Å². The Labute approximate surface area is 170 Å². The number of nitrogens with two attached hydrogens (primary N) is 1. The zero-order chi connectivity index (χ0) is 21.4. The maximum Gasteiger partial charge on any atom is 0.270 e. The number of hydrogen-bond donors (Lipinski definition) is 3. The van der Waals surface area contributed by atoms with E-state index in [1.54, 1.807) is 12.1 Å². The van der Waals surface area contributed by atoms with Gasteiger partial charge in [-0.3, -0.25) is 29.4 Å². The van der Waals surface area contributed by atoms with E-state index >= 15 is 0 Å². The fourth-order valence-electron chi connectivity index (χ4n) is 5.02. The molecule has 2 atom stereocenters. The van der Waals surface area contributed by atoms with Crippen LogP contribution in [0, 0.1) is 5.41 Å². The van der Waals surface area contributed by atoms with E-state index in [0.29, 0.717) is 5.56 Å². The predicted octanol–water partition coefficient (Wildman–Crippen LogP) is 0.302. The first-order valence-corrected chi connectivity index (χ1v) is 9.87. The van der Waals surface area contributed by atoms with E-state index in [4.69, 9.17) is 5.73 Å². The van der Waals surface area contributed by atoms with E-state index in [2.05, 4.69) is 10.6 Å². The second-order valence-electron chi connectivity index (χ2n) is 8.53. The van der Waals surface area contributed by atoms with Gasteiger partial charge in [-0.15, -0.1) is 0 Å². The number of nitrogens with one attached hydrogen (secondary N) is 2. The van der Waals surface area contributed by atoms with Gasteiger partial charge >= 0.3 is 0 Å². The summed E-state index contributed by atoms with van der Waals surface area (Å²) in [7, 11) is 0. The minimum Gasteiger partial charge on any atom is -0.322 e. The van der Waals surface area contributed by atoms with Gasteiger partial charge in [0.15, 0.2) is 0 Å². The molecule has 158 valence electrons. The molecule has 0 bridgehead atoms.